The summed E-state index contributed by atoms with van der Waals surface area (Å²) in [7, 11) is -7.82. The second-order valence-corrected chi connectivity index (χ2v) is 17.7. The number of aromatic nitrogens is 2. The van der Waals surface area contributed by atoms with Crippen LogP contribution in [0.25, 0.3) is 38.7 Å². The number of alkyl halides is 3. The lowest BCUT2D eigenvalue weighted by Crippen LogP contribution is -2.24. The number of sulfonamides is 2. The molecule has 16 heteroatoms. The van der Waals surface area contributed by atoms with Gasteiger partial charge in [-0.3, -0.25) is 19.5 Å². The molecule has 0 saturated heterocycles. The van der Waals surface area contributed by atoms with E-state index in [0.29, 0.717) is 50.8 Å². The Hall–Kier alpha value is -6.19. The Morgan fingerprint density at radius 1 is 0.650 bits per heavy atom. The van der Waals surface area contributed by atoms with Crippen molar-refractivity contribution in [1.82, 2.24) is 14.9 Å². The molecule has 9 rings (SSSR count). The SMILES string of the molecule is O=S(=O)(NC1=CCC2=Nc3ccc(Cl)c(-c4ccccc4)c3C2=C1)c1ccccc1.O=S(=O)(Nc1n[nH]c2cc(Cl)c(-c3ccccc3)cc12)c1ccc(C(F)(F)F)cc1. The highest BCUT2D eigenvalue weighted by atomic mass is 35.5. The predicted octanol–water partition coefficient (Wildman–Crippen LogP) is 11.4. The van der Waals surface area contributed by atoms with Crippen molar-refractivity contribution >= 4 is 76.9 Å². The molecule has 0 spiro atoms. The number of rotatable bonds is 8. The summed E-state index contributed by atoms with van der Waals surface area (Å²) < 4.78 is 94.0. The van der Waals surface area contributed by atoms with Crippen LogP contribution in [-0.2, 0) is 26.2 Å². The first-order valence-electron chi connectivity index (χ1n) is 18.1. The topological polar surface area (TPSA) is 133 Å². The number of fused-ring (bicyclic) bond motifs is 4. The molecule has 1 aromatic heterocycles. The summed E-state index contributed by atoms with van der Waals surface area (Å²) >= 11 is 12.9. The summed E-state index contributed by atoms with van der Waals surface area (Å²) in [6.45, 7) is 0. The summed E-state index contributed by atoms with van der Waals surface area (Å²) in [5.74, 6) is 0.0127. The third-order valence-corrected chi connectivity index (χ3v) is 13.0. The van der Waals surface area contributed by atoms with E-state index in [-0.39, 0.29) is 15.6 Å². The minimum Gasteiger partial charge on any atom is -0.280 e. The number of benzene rings is 6. The molecule has 9 nitrogen and oxygen atoms in total. The molecule has 0 saturated carbocycles. The quantitative estimate of drug-likeness (QED) is 0.140. The zero-order chi connectivity index (χ0) is 42.2. The summed E-state index contributed by atoms with van der Waals surface area (Å²) in [4.78, 5) is 4.67. The molecule has 60 heavy (non-hydrogen) atoms. The number of aliphatic imine (C=N–C) groups is 1. The van der Waals surface area contributed by atoms with Crippen LogP contribution in [-0.4, -0.2) is 32.7 Å². The average Bonchev–Trinajstić information content (AvgIpc) is 3.80. The number of anilines is 1. The molecular formula is C44H30Cl2F3N5O4S2. The predicted molar refractivity (Wildman–Crippen MR) is 230 cm³/mol. The maximum Gasteiger partial charge on any atom is 0.416 e. The summed E-state index contributed by atoms with van der Waals surface area (Å²) in [6.07, 6.45) is -0.323. The van der Waals surface area contributed by atoms with E-state index in [1.54, 1.807) is 42.5 Å². The van der Waals surface area contributed by atoms with E-state index in [1.807, 2.05) is 84.9 Å². The zero-order valence-corrected chi connectivity index (χ0v) is 34.0. The van der Waals surface area contributed by atoms with Crippen molar-refractivity contribution in [2.24, 2.45) is 4.99 Å². The number of nitrogens with one attached hydrogen (secondary N) is 3. The Bertz CT molecular complexity index is 3090. The van der Waals surface area contributed by atoms with Gasteiger partial charge in [0.1, 0.15) is 0 Å². The first-order valence-corrected chi connectivity index (χ1v) is 21.8. The van der Waals surface area contributed by atoms with Crippen molar-refractivity contribution in [3.63, 3.8) is 0 Å². The standard InChI is InChI=1S/C24H17ClN2O2S.C20H13ClF3N3O2S/c25-20-12-14-22-24(23(20)16-7-3-1-4-8-16)19-15-17(11-13-21(19)26-22)27-30(28,29)18-9-5-2-6-10-18;21-17-11-18-16(10-15(17)12-4-2-1-3-5-12)19(26-25-18)27-30(28,29)14-8-6-13(7-9-14)20(22,23)24/h1-12,14-15,27H,13H2;1-11H,(H2,25,26,27). The Kier molecular flexibility index (Phi) is 10.9. The minimum atomic E-state index is -4.55. The number of hydrogen-bond acceptors (Lipinski definition) is 6. The number of aromatic amines is 1. The summed E-state index contributed by atoms with van der Waals surface area (Å²) in [5.41, 5.74) is 7.12. The van der Waals surface area contributed by atoms with Crippen molar-refractivity contribution in [2.45, 2.75) is 22.4 Å². The van der Waals surface area contributed by atoms with Crippen LogP contribution in [0.15, 0.2) is 172 Å². The number of nitrogens with zero attached hydrogens (tertiary/aromatic N) is 2. The first kappa shape index (κ1) is 40.6. The molecular weight excluding hydrogens is 855 g/mol. The van der Waals surface area contributed by atoms with E-state index in [0.717, 1.165) is 51.4 Å². The highest BCUT2D eigenvalue weighted by Gasteiger charge is 2.31. The van der Waals surface area contributed by atoms with Gasteiger partial charge in [0.2, 0.25) is 0 Å². The highest BCUT2D eigenvalue weighted by molar-refractivity contribution is 7.92. The van der Waals surface area contributed by atoms with Gasteiger partial charge in [0.05, 0.1) is 37.3 Å². The van der Waals surface area contributed by atoms with Gasteiger partial charge in [0.15, 0.2) is 5.82 Å². The molecule has 0 atom stereocenters. The van der Waals surface area contributed by atoms with Gasteiger partial charge in [0, 0.05) is 44.8 Å². The third-order valence-electron chi connectivity index (χ3n) is 9.61. The number of allylic oxidation sites excluding steroid dienone is 3. The summed E-state index contributed by atoms with van der Waals surface area (Å²) in [5, 5.41) is 8.24. The number of halogens is 5. The van der Waals surface area contributed by atoms with Gasteiger partial charge in [-0.15, -0.1) is 0 Å². The Morgan fingerprint density at radius 3 is 1.90 bits per heavy atom. The van der Waals surface area contributed by atoms with Crippen molar-refractivity contribution in [1.29, 1.82) is 0 Å². The van der Waals surface area contributed by atoms with E-state index in [4.69, 9.17) is 28.2 Å². The average molecular weight is 885 g/mol. The van der Waals surface area contributed by atoms with Crippen molar-refractivity contribution in [3.8, 4) is 22.3 Å². The number of hydrogen-bond donors (Lipinski definition) is 3. The van der Waals surface area contributed by atoms with Gasteiger partial charge in [-0.25, -0.2) is 16.8 Å². The van der Waals surface area contributed by atoms with Crippen LogP contribution in [0.1, 0.15) is 17.5 Å². The molecule has 0 unspecified atom stereocenters. The maximum absolute atomic E-state index is 12.7. The van der Waals surface area contributed by atoms with E-state index in [9.17, 15) is 30.0 Å². The van der Waals surface area contributed by atoms with Crippen molar-refractivity contribution in [3.05, 3.63) is 179 Å². The lowest BCUT2D eigenvalue weighted by atomic mass is 9.90. The van der Waals surface area contributed by atoms with Gasteiger partial charge >= 0.3 is 6.18 Å². The van der Waals surface area contributed by atoms with Crippen LogP contribution >= 0.6 is 23.2 Å². The van der Waals surface area contributed by atoms with Crippen LogP contribution in [0.2, 0.25) is 10.0 Å². The molecule has 6 aromatic carbocycles. The molecule has 1 aliphatic heterocycles. The second-order valence-electron chi connectivity index (χ2n) is 13.5. The van der Waals surface area contributed by atoms with E-state index >= 15 is 0 Å². The fraction of sp³-hybridized carbons (Fsp3) is 0.0455. The van der Waals surface area contributed by atoms with Gasteiger partial charge in [-0.2, -0.15) is 18.3 Å². The minimum absolute atomic E-state index is 0.0127. The smallest absolute Gasteiger partial charge is 0.280 e. The van der Waals surface area contributed by atoms with Crippen LogP contribution < -0.4 is 9.44 Å². The summed E-state index contributed by atoms with van der Waals surface area (Å²) in [6, 6.07) is 37.8. The molecule has 0 amide bonds. The third kappa shape index (κ3) is 8.32. The molecule has 302 valence electrons. The number of H-pyrrole nitrogens is 1. The fourth-order valence-electron chi connectivity index (χ4n) is 6.75. The van der Waals surface area contributed by atoms with Gasteiger partial charge < -0.3 is 0 Å². The lowest BCUT2D eigenvalue weighted by Gasteiger charge is -2.17. The van der Waals surface area contributed by atoms with Crippen LogP contribution in [0.5, 0.6) is 0 Å². The van der Waals surface area contributed by atoms with Gasteiger partial charge in [0.25, 0.3) is 20.0 Å². The zero-order valence-electron chi connectivity index (χ0n) is 30.9. The van der Waals surface area contributed by atoms with E-state index in [1.165, 1.54) is 0 Å². The highest BCUT2D eigenvalue weighted by Crippen LogP contribution is 2.47. The largest absolute Gasteiger partial charge is 0.416 e. The Morgan fingerprint density at radius 2 is 1.25 bits per heavy atom. The van der Waals surface area contributed by atoms with E-state index in [2.05, 4.69) is 19.6 Å². The molecule has 0 radical (unpaired) electrons. The molecule has 7 aromatic rings. The molecule has 2 heterocycles. The molecule has 3 N–H and O–H groups in total. The fourth-order valence-corrected chi connectivity index (χ4v) is 9.40. The lowest BCUT2D eigenvalue weighted by molar-refractivity contribution is -0.137. The van der Waals surface area contributed by atoms with Gasteiger partial charge in [-0.1, -0.05) is 108 Å². The molecule has 2 aliphatic rings. The van der Waals surface area contributed by atoms with E-state index < -0.39 is 31.8 Å². The van der Waals surface area contributed by atoms with Gasteiger partial charge in [-0.05, 0) is 77.9 Å². The second kappa shape index (κ2) is 16.1. The van der Waals surface area contributed by atoms with Crippen molar-refractivity contribution in [2.75, 3.05) is 4.72 Å². The van der Waals surface area contributed by atoms with Crippen LogP contribution in [0, 0.1) is 0 Å². The molecule has 0 bridgehead atoms. The van der Waals surface area contributed by atoms with Crippen molar-refractivity contribution < 1.29 is 30.0 Å². The maximum atomic E-state index is 12.7. The normalized spacial score (nSPS) is 13.6. The molecule has 1 aliphatic carbocycles. The Labute approximate surface area is 353 Å². The van der Waals surface area contributed by atoms with Crippen LogP contribution in [0.4, 0.5) is 24.7 Å². The van der Waals surface area contributed by atoms with Crippen LogP contribution in [0.3, 0.4) is 0 Å². The first-order chi connectivity index (χ1) is 28.7. The Balaban J connectivity index is 0.000000166. The monoisotopic (exact) mass is 883 g/mol. The molecule has 0 fully saturated rings.